The molecule has 138 valence electrons. The maximum Gasteiger partial charge on any atom is 0.410 e. The zero-order valence-corrected chi connectivity index (χ0v) is 15.9. The lowest BCUT2D eigenvalue weighted by atomic mass is 9.54. The van der Waals surface area contributed by atoms with Crippen molar-refractivity contribution in [3.05, 3.63) is 0 Å². The predicted molar refractivity (Wildman–Crippen MR) is 95.8 cm³/mol. The lowest BCUT2D eigenvalue weighted by molar-refractivity contribution is -0.151. The number of likely N-dealkylation sites (tertiary alicyclic amines) is 2. The highest BCUT2D eigenvalue weighted by atomic mass is 16.6. The summed E-state index contributed by atoms with van der Waals surface area (Å²) in [6.07, 6.45) is 5.42. The predicted octanol–water partition coefficient (Wildman–Crippen LogP) is 3.04. The van der Waals surface area contributed by atoms with Crippen LogP contribution in [0.4, 0.5) is 4.79 Å². The summed E-state index contributed by atoms with van der Waals surface area (Å²) in [6.45, 7) is 9.76. The van der Waals surface area contributed by atoms with Crippen molar-refractivity contribution in [2.45, 2.75) is 71.4 Å². The van der Waals surface area contributed by atoms with Crippen LogP contribution in [-0.2, 0) is 9.53 Å². The molecule has 2 aliphatic heterocycles. The highest BCUT2D eigenvalue weighted by molar-refractivity contribution is 5.93. The van der Waals surface area contributed by atoms with Gasteiger partial charge in [-0.1, -0.05) is 12.3 Å². The molecule has 3 fully saturated rings. The molecule has 3 rings (SSSR count). The van der Waals surface area contributed by atoms with Crippen molar-refractivity contribution in [2.75, 3.05) is 19.6 Å². The Morgan fingerprint density at radius 1 is 1.16 bits per heavy atom. The van der Waals surface area contributed by atoms with E-state index in [0.717, 1.165) is 32.5 Å². The molecule has 0 aromatic carbocycles. The minimum absolute atomic E-state index is 0.0723. The molecule has 0 aromatic heterocycles. The Kier molecular flexibility index (Phi) is 4.74. The van der Waals surface area contributed by atoms with Crippen molar-refractivity contribution in [3.8, 4) is 11.8 Å². The lowest BCUT2D eigenvalue weighted by Crippen LogP contribution is -2.72. The van der Waals surface area contributed by atoms with Crippen LogP contribution in [0.25, 0.3) is 0 Å². The van der Waals surface area contributed by atoms with Gasteiger partial charge in [-0.25, -0.2) is 4.79 Å². The fourth-order valence-corrected chi connectivity index (χ4v) is 4.69. The second kappa shape index (κ2) is 6.55. The lowest BCUT2D eigenvalue weighted by Gasteiger charge is -2.64. The fraction of sp³-hybridized carbons (Fsp3) is 0.800. The molecule has 0 N–H and O–H groups in total. The molecular weight excluding hydrogens is 316 g/mol. The van der Waals surface area contributed by atoms with Gasteiger partial charge in [-0.05, 0) is 65.2 Å². The quantitative estimate of drug-likeness (QED) is 0.686. The van der Waals surface area contributed by atoms with E-state index in [1.54, 1.807) is 6.92 Å². The molecule has 0 bridgehead atoms. The van der Waals surface area contributed by atoms with Crippen LogP contribution < -0.4 is 0 Å². The number of rotatable bonds is 1. The molecule has 25 heavy (non-hydrogen) atoms. The molecule has 5 nitrogen and oxygen atoms in total. The molecule has 0 radical (unpaired) electrons. The Hall–Kier alpha value is -1.70. The van der Waals surface area contributed by atoms with Gasteiger partial charge in [-0.2, -0.15) is 0 Å². The molecule has 2 amide bonds. The maximum absolute atomic E-state index is 12.6. The van der Waals surface area contributed by atoms with Gasteiger partial charge in [0.1, 0.15) is 5.60 Å². The molecule has 3 aliphatic rings. The van der Waals surface area contributed by atoms with Gasteiger partial charge in [0.25, 0.3) is 5.91 Å². The molecule has 0 aromatic rings. The van der Waals surface area contributed by atoms with Crippen LogP contribution in [0.3, 0.4) is 0 Å². The van der Waals surface area contributed by atoms with Crippen LogP contribution in [0.5, 0.6) is 0 Å². The number of amides is 2. The number of nitrogens with zero attached hydrogens (tertiary/aromatic N) is 2. The van der Waals surface area contributed by atoms with E-state index in [1.807, 2.05) is 30.6 Å². The zero-order valence-electron chi connectivity index (χ0n) is 15.9. The van der Waals surface area contributed by atoms with Crippen LogP contribution in [0.15, 0.2) is 0 Å². The second-order valence-electron chi connectivity index (χ2n) is 8.77. The summed E-state index contributed by atoms with van der Waals surface area (Å²) >= 11 is 0. The van der Waals surface area contributed by atoms with Gasteiger partial charge < -0.3 is 14.5 Å². The van der Waals surface area contributed by atoms with Crippen molar-refractivity contribution in [2.24, 2.45) is 11.3 Å². The molecule has 2 saturated heterocycles. The van der Waals surface area contributed by atoms with Gasteiger partial charge in [0, 0.05) is 31.1 Å². The summed E-state index contributed by atoms with van der Waals surface area (Å²) in [5, 5.41) is 0. The third-order valence-electron chi connectivity index (χ3n) is 5.93. The highest BCUT2D eigenvalue weighted by Crippen LogP contribution is 2.57. The monoisotopic (exact) mass is 346 g/mol. The summed E-state index contributed by atoms with van der Waals surface area (Å²) in [5.74, 6) is 5.70. The molecule has 5 heteroatoms. The summed E-state index contributed by atoms with van der Waals surface area (Å²) in [5.41, 5.74) is -0.143. The van der Waals surface area contributed by atoms with E-state index in [9.17, 15) is 9.59 Å². The molecular formula is C20H30N2O3. The van der Waals surface area contributed by atoms with Gasteiger partial charge in [0.2, 0.25) is 0 Å². The van der Waals surface area contributed by atoms with Gasteiger partial charge in [0.15, 0.2) is 0 Å². The normalized spacial score (nSPS) is 25.5. The first-order valence-corrected chi connectivity index (χ1v) is 9.47. The van der Waals surface area contributed by atoms with E-state index < -0.39 is 5.60 Å². The standard InChI is InChI=1S/C20H30N2O3/c1-5-7-16(23)21-12-8-15(9-13-21)17-20(10-6-11-20)14-22(17)18(24)25-19(2,3)4/h15,17H,6,8-14H2,1-4H3. The first-order valence-electron chi connectivity index (χ1n) is 9.47. The van der Waals surface area contributed by atoms with Crippen LogP contribution in [0.2, 0.25) is 0 Å². The number of carbonyl (C=O) groups excluding carboxylic acids is 2. The average molecular weight is 346 g/mol. The van der Waals surface area contributed by atoms with E-state index >= 15 is 0 Å². The average Bonchev–Trinajstić information content (AvgIpc) is 2.44. The Balaban J connectivity index is 1.65. The summed E-state index contributed by atoms with van der Waals surface area (Å²) in [6, 6.07) is 0.283. The number of carbonyl (C=O) groups is 2. The van der Waals surface area contributed by atoms with E-state index in [1.165, 1.54) is 19.3 Å². The van der Waals surface area contributed by atoms with Crippen molar-refractivity contribution >= 4 is 12.0 Å². The molecule has 1 unspecified atom stereocenters. The molecule has 1 saturated carbocycles. The van der Waals surface area contributed by atoms with Crippen molar-refractivity contribution in [3.63, 3.8) is 0 Å². The van der Waals surface area contributed by atoms with Gasteiger partial charge in [0.05, 0.1) is 0 Å². The largest absolute Gasteiger partial charge is 0.444 e. The number of ether oxygens (including phenoxy) is 1. The maximum atomic E-state index is 12.6. The topological polar surface area (TPSA) is 49.9 Å². The SMILES string of the molecule is CC#CC(=O)N1CCC(C2N(C(=O)OC(C)(C)C)CC23CCC3)CC1. The summed E-state index contributed by atoms with van der Waals surface area (Å²) in [4.78, 5) is 28.4. The Morgan fingerprint density at radius 3 is 2.28 bits per heavy atom. The Bertz CT molecular complexity index is 599. The van der Waals surface area contributed by atoms with Gasteiger partial charge in [-0.3, -0.25) is 4.79 Å². The second-order valence-corrected chi connectivity index (χ2v) is 8.77. The number of piperidine rings is 1. The number of hydrogen-bond acceptors (Lipinski definition) is 3. The van der Waals surface area contributed by atoms with Crippen molar-refractivity contribution < 1.29 is 14.3 Å². The van der Waals surface area contributed by atoms with Crippen LogP contribution in [0, 0.1) is 23.2 Å². The van der Waals surface area contributed by atoms with E-state index in [4.69, 9.17) is 4.74 Å². The third-order valence-corrected chi connectivity index (χ3v) is 5.93. The minimum Gasteiger partial charge on any atom is -0.444 e. The van der Waals surface area contributed by atoms with Crippen LogP contribution in [-0.4, -0.2) is 53.1 Å². The summed E-state index contributed by atoms with van der Waals surface area (Å²) < 4.78 is 5.62. The molecule has 1 aliphatic carbocycles. The minimum atomic E-state index is -0.460. The van der Waals surface area contributed by atoms with Gasteiger partial charge >= 0.3 is 6.09 Å². The highest BCUT2D eigenvalue weighted by Gasteiger charge is 2.60. The molecule has 1 atom stereocenters. The summed E-state index contributed by atoms with van der Waals surface area (Å²) in [7, 11) is 0. The zero-order chi connectivity index (χ0) is 18.2. The fourth-order valence-electron chi connectivity index (χ4n) is 4.69. The van der Waals surface area contributed by atoms with Crippen LogP contribution in [0.1, 0.15) is 59.8 Å². The number of hydrogen-bond donors (Lipinski definition) is 0. The molecule has 1 spiro atoms. The van der Waals surface area contributed by atoms with E-state index in [2.05, 4.69) is 11.8 Å². The first kappa shape index (κ1) is 18.1. The smallest absolute Gasteiger partial charge is 0.410 e. The van der Waals surface area contributed by atoms with E-state index in [0.29, 0.717) is 11.3 Å². The Labute approximate surface area is 151 Å². The molecule has 2 heterocycles. The van der Waals surface area contributed by atoms with Crippen molar-refractivity contribution in [1.82, 2.24) is 9.80 Å². The third kappa shape index (κ3) is 3.49. The Morgan fingerprint density at radius 2 is 1.80 bits per heavy atom. The van der Waals surface area contributed by atoms with Crippen LogP contribution >= 0.6 is 0 Å². The first-order chi connectivity index (χ1) is 11.8. The van der Waals surface area contributed by atoms with E-state index in [-0.39, 0.29) is 18.0 Å². The van der Waals surface area contributed by atoms with Gasteiger partial charge in [-0.15, -0.1) is 0 Å². The van der Waals surface area contributed by atoms with Crippen molar-refractivity contribution in [1.29, 1.82) is 0 Å².